The summed E-state index contributed by atoms with van der Waals surface area (Å²) in [7, 11) is 0. The van der Waals surface area contributed by atoms with Gasteiger partial charge in [0, 0.05) is 55.6 Å². The van der Waals surface area contributed by atoms with Gasteiger partial charge in [0.05, 0.1) is 27.4 Å². The van der Waals surface area contributed by atoms with Crippen LogP contribution < -0.4 is 4.90 Å². The molecular formula is C25H21N5O3. The van der Waals surface area contributed by atoms with Crippen molar-refractivity contribution >= 4 is 28.2 Å². The third-order valence-corrected chi connectivity index (χ3v) is 5.87. The monoisotopic (exact) mass is 439 g/mol. The second kappa shape index (κ2) is 8.66. The Labute approximate surface area is 190 Å². The smallest absolute Gasteiger partial charge is 0.269 e. The van der Waals surface area contributed by atoms with Crippen LogP contribution in [0.4, 0.5) is 11.4 Å². The number of rotatable bonds is 4. The van der Waals surface area contributed by atoms with Crippen molar-refractivity contribution in [1.29, 1.82) is 0 Å². The highest BCUT2D eigenvalue weighted by Crippen LogP contribution is 2.26. The largest absolute Gasteiger partial charge is 0.368 e. The van der Waals surface area contributed by atoms with Gasteiger partial charge in [-0.1, -0.05) is 24.3 Å². The van der Waals surface area contributed by atoms with Crippen molar-refractivity contribution in [2.45, 2.75) is 0 Å². The maximum Gasteiger partial charge on any atom is 0.269 e. The number of aromatic nitrogens is 2. The average Bonchev–Trinajstić information content (AvgIpc) is 2.88. The lowest BCUT2D eigenvalue weighted by Crippen LogP contribution is -2.48. The molecule has 0 aliphatic carbocycles. The highest BCUT2D eigenvalue weighted by molar-refractivity contribution is 6.07. The van der Waals surface area contributed by atoms with E-state index >= 15 is 0 Å². The van der Waals surface area contributed by atoms with Crippen molar-refractivity contribution in [3.63, 3.8) is 0 Å². The zero-order valence-corrected chi connectivity index (χ0v) is 17.8. The molecule has 2 aromatic heterocycles. The van der Waals surface area contributed by atoms with Crippen LogP contribution in [0.15, 0.2) is 79.0 Å². The first kappa shape index (κ1) is 20.6. The van der Waals surface area contributed by atoms with Crippen molar-refractivity contribution in [3.8, 4) is 11.4 Å². The van der Waals surface area contributed by atoms with Crippen LogP contribution in [0.3, 0.4) is 0 Å². The number of benzene rings is 2. The Morgan fingerprint density at radius 1 is 0.879 bits per heavy atom. The van der Waals surface area contributed by atoms with Crippen LogP contribution in [0, 0.1) is 10.1 Å². The highest BCUT2D eigenvalue weighted by atomic mass is 16.6. The van der Waals surface area contributed by atoms with E-state index in [1.54, 1.807) is 18.3 Å². The van der Waals surface area contributed by atoms with Gasteiger partial charge in [0.1, 0.15) is 0 Å². The molecule has 2 aromatic carbocycles. The van der Waals surface area contributed by atoms with Gasteiger partial charge in [-0.05, 0) is 36.4 Å². The van der Waals surface area contributed by atoms with E-state index in [-0.39, 0.29) is 11.6 Å². The van der Waals surface area contributed by atoms with E-state index in [9.17, 15) is 14.9 Å². The lowest BCUT2D eigenvalue weighted by Gasteiger charge is -2.36. The molecule has 1 amide bonds. The van der Waals surface area contributed by atoms with Gasteiger partial charge >= 0.3 is 0 Å². The molecule has 0 radical (unpaired) electrons. The summed E-state index contributed by atoms with van der Waals surface area (Å²) >= 11 is 0. The summed E-state index contributed by atoms with van der Waals surface area (Å²) in [4.78, 5) is 37.1. The van der Waals surface area contributed by atoms with Crippen LogP contribution >= 0.6 is 0 Å². The number of pyridine rings is 2. The van der Waals surface area contributed by atoms with Crippen LogP contribution in [0.1, 0.15) is 10.4 Å². The minimum Gasteiger partial charge on any atom is -0.368 e. The van der Waals surface area contributed by atoms with Gasteiger partial charge in [0.15, 0.2) is 0 Å². The number of hydrogen-bond donors (Lipinski definition) is 0. The molecule has 1 saturated heterocycles. The predicted molar refractivity (Wildman–Crippen MR) is 126 cm³/mol. The number of nitro benzene ring substituents is 1. The van der Waals surface area contributed by atoms with Gasteiger partial charge in [-0.25, -0.2) is 4.98 Å². The van der Waals surface area contributed by atoms with E-state index < -0.39 is 4.92 Å². The molecule has 8 nitrogen and oxygen atoms in total. The zero-order chi connectivity index (χ0) is 22.8. The topological polar surface area (TPSA) is 92.5 Å². The second-order valence-corrected chi connectivity index (χ2v) is 7.84. The Hall–Kier alpha value is -4.33. The molecule has 8 heteroatoms. The molecule has 1 aliphatic rings. The average molecular weight is 439 g/mol. The first-order valence-corrected chi connectivity index (χ1v) is 10.7. The number of non-ortho nitro benzene ring substituents is 1. The highest BCUT2D eigenvalue weighted by Gasteiger charge is 2.25. The number of carbonyl (C=O) groups excluding carboxylic acids is 1. The van der Waals surface area contributed by atoms with E-state index in [2.05, 4.69) is 9.88 Å². The maximum atomic E-state index is 13.5. The number of anilines is 1. The van der Waals surface area contributed by atoms with Crippen LogP contribution in [0.2, 0.25) is 0 Å². The molecule has 5 rings (SSSR count). The van der Waals surface area contributed by atoms with Gasteiger partial charge in [-0.2, -0.15) is 0 Å². The third kappa shape index (κ3) is 4.10. The Morgan fingerprint density at radius 2 is 1.61 bits per heavy atom. The molecule has 0 bridgehead atoms. The van der Waals surface area contributed by atoms with Gasteiger partial charge in [0.2, 0.25) is 0 Å². The Morgan fingerprint density at radius 3 is 2.30 bits per heavy atom. The van der Waals surface area contributed by atoms with Crippen molar-refractivity contribution in [2.24, 2.45) is 0 Å². The summed E-state index contributed by atoms with van der Waals surface area (Å²) in [5.74, 6) is -0.0332. The van der Waals surface area contributed by atoms with Gasteiger partial charge in [-0.3, -0.25) is 19.9 Å². The van der Waals surface area contributed by atoms with Gasteiger partial charge in [-0.15, -0.1) is 0 Å². The molecule has 0 saturated carbocycles. The minimum atomic E-state index is -0.404. The number of amides is 1. The first-order valence-electron chi connectivity index (χ1n) is 10.7. The van der Waals surface area contributed by atoms with Crippen LogP contribution in [-0.4, -0.2) is 51.9 Å². The molecule has 1 aliphatic heterocycles. The summed E-state index contributed by atoms with van der Waals surface area (Å²) in [5.41, 5.74) is 3.75. The third-order valence-electron chi connectivity index (χ3n) is 5.87. The Kier molecular flexibility index (Phi) is 5.40. The summed E-state index contributed by atoms with van der Waals surface area (Å²) in [5, 5.41) is 11.7. The number of para-hydroxylation sites is 1. The summed E-state index contributed by atoms with van der Waals surface area (Å²) in [6, 6.07) is 21.6. The van der Waals surface area contributed by atoms with Crippen LogP contribution in [0.25, 0.3) is 22.3 Å². The first-order chi connectivity index (χ1) is 16.1. The van der Waals surface area contributed by atoms with Crippen molar-refractivity contribution < 1.29 is 9.72 Å². The van der Waals surface area contributed by atoms with Crippen molar-refractivity contribution in [1.82, 2.24) is 14.9 Å². The second-order valence-electron chi connectivity index (χ2n) is 7.84. The van der Waals surface area contributed by atoms with Gasteiger partial charge < -0.3 is 9.80 Å². The molecule has 164 valence electrons. The minimum absolute atomic E-state index is 0.0332. The number of piperazine rings is 1. The fourth-order valence-electron chi connectivity index (χ4n) is 4.12. The molecule has 3 heterocycles. The molecule has 0 atom stereocenters. The van der Waals surface area contributed by atoms with E-state index in [1.807, 2.05) is 53.4 Å². The van der Waals surface area contributed by atoms with Crippen LogP contribution in [-0.2, 0) is 0 Å². The molecule has 0 N–H and O–H groups in total. The van der Waals surface area contributed by atoms with Crippen LogP contribution in [0.5, 0.6) is 0 Å². The number of carbonyl (C=O) groups is 1. The Balaban J connectivity index is 1.39. The van der Waals surface area contributed by atoms with E-state index in [4.69, 9.17) is 4.98 Å². The number of nitro groups is 1. The number of hydrogen-bond acceptors (Lipinski definition) is 6. The summed E-state index contributed by atoms with van der Waals surface area (Å²) < 4.78 is 0. The SMILES string of the molecule is O=C(c1cc(-c2ccccn2)nc2ccccc12)N1CCN(c2ccc([N+](=O)[O-])cc2)CC1. The molecule has 1 fully saturated rings. The van der Waals surface area contributed by atoms with E-state index in [0.717, 1.165) is 22.3 Å². The van der Waals surface area contributed by atoms with E-state index in [0.29, 0.717) is 37.4 Å². The van der Waals surface area contributed by atoms with Gasteiger partial charge in [0.25, 0.3) is 11.6 Å². The normalized spacial score (nSPS) is 13.8. The number of fused-ring (bicyclic) bond motifs is 1. The number of nitrogens with zero attached hydrogens (tertiary/aromatic N) is 5. The van der Waals surface area contributed by atoms with E-state index in [1.165, 1.54) is 12.1 Å². The lowest BCUT2D eigenvalue weighted by atomic mass is 10.0. The summed E-state index contributed by atoms with van der Waals surface area (Å²) in [6.45, 7) is 2.43. The Bertz CT molecular complexity index is 1320. The summed E-state index contributed by atoms with van der Waals surface area (Å²) in [6.07, 6.45) is 1.71. The zero-order valence-electron chi connectivity index (χ0n) is 17.8. The fourth-order valence-corrected chi connectivity index (χ4v) is 4.12. The standard InChI is InChI=1S/C25H21N5O3/c31-25(29-15-13-28(14-16-29)18-8-10-19(11-9-18)30(32)33)21-17-24(23-7-3-4-12-26-23)27-22-6-2-1-5-20(21)22/h1-12,17H,13-16H2. The maximum absolute atomic E-state index is 13.5. The lowest BCUT2D eigenvalue weighted by molar-refractivity contribution is -0.384. The fraction of sp³-hybridized carbons (Fsp3) is 0.160. The molecular weight excluding hydrogens is 418 g/mol. The predicted octanol–water partition coefficient (Wildman–Crippen LogP) is 4.17. The quantitative estimate of drug-likeness (QED) is 0.350. The van der Waals surface area contributed by atoms with Crippen molar-refractivity contribution in [2.75, 3.05) is 31.1 Å². The molecule has 4 aromatic rings. The molecule has 0 spiro atoms. The molecule has 0 unspecified atom stereocenters. The molecule has 33 heavy (non-hydrogen) atoms. The van der Waals surface area contributed by atoms with Crippen molar-refractivity contribution in [3.05, 3.63) is 94.7 Å².